The summed E-state index contributed by atoms with van der Waals surface area (Å²) >= 11 is 0. The molecule has 2 nitrogen and oxygen atoms in total. The van der Waals surface area contributed by atoms with Crippen LogP contribution in [0.3, 0.4) is 0 Å². The van der Waals surface area contributed by atoms with Crippen molar-refractivity contribution in [2.24, 2.45) is 0 Å². The molecule has 74 valence electrons. The lowest BCUT2D eigenvalue weighted by atomic mass is 10.4. The van der Waals surface area contributed by atoms with Crippen LogP contribution in [0, 0.1) is 0 Å². The van der Waals surface area contributed by atoms with Gasteiger partial charge in [-0.25, -0.2) is 0 Å². The minimum absolute atomic E-state index is 0.639. The molecule has 0 atom stereocenters. The third-order valence-electron chi connectivity index (χ3n) is 1.50. The van der Waals surface area contributed by atoms with Gasteiger partial charge in [-0.1, -0.05) is 20.8 Å². The highest BCUT2D eigenvalue weighted by atomic mass is 16.1. The van der Waals surface area contributed by atoms with Crippen molar-refractivity contribution in [1.82, 2.24) is 4.90 Å². The Bertz CT molecular complexity index is 77.9. The van der Waals surface area contributed by atoms with Crippen molar-refractivity contribution in [3.05, 3.63) is 0 Å². The molecule has 0 unspecified atom stereocenters. The number of hydrogen-bond donors (Lipinski definition) is 0. The second-order valence-electron chi connectivity index (χ2n) is 2.59. The molecule has 0 spiro atoms. The van der Waals surface area contributed by atoms with Crippen molar-refractivity contribution < 1.29 is 4.79 Å². The Morgan fingerprint density at radius 3 is 1.67 bits per heavy atom. The van der Waals surface area contributed by atoms with Gasteiger partial charge in [-0.15, -0.1) is 0 Å². The Morgan fingerprint density at radius 2 is 1.58 bits per heavy atom. The van der Waals surface area contributed by atoms with Gasteiger partial charge in [-0.2, -0.15) is 0 Å². The van der Waals surface area contributed by atoms with Crippen LogP contribution in [-0.4, -0.2) is 31.3 Å². The topological polar surface area (TPSA) is 20.3 Å². The van der Waals surface area contributed by atoms with Crippen LogP contribution in [0.2, 0.25) is 0 Å². The second-order valence-corrected chi connectivity index (χ2v) is 2.59. The van der Waals surface area contributed by atoms with Crippen LogP contribution in [0.15, 0.2) is 0 Å². The van der Waals surface area contributed by atoms with Crippen molar-refractivity contribution in [2.45, 2.75) is 40.0 Å². The molecule has 12 heavy (non-hydrogen) atoms. The lowest BCUT2D eigenvalue weighted by molar-refractivity contribution is -0.107. The van der Waals surface area contributed by atoms with Gasteiger partial charge in [-0.05, 0) is 33.0 Å². The van der Waals surface area contributed by atoms with Gasteiger partial charge in [0.05, 0.1) is 0 Å². The van der Waals surface area contributed by atoms with Crippen LogP contribution in [-0.2, 0) is 4.79 Å². The average molecular weight is 173 g/mol. The van der Waals surface area contributed by atoms with Crippen LogP contribution in [0.5, 0.6) is 0 Å². The van der Waals surface area contributed by atoms with Crippen molar-refractivity contribution in [3.8, 4) is 0 Å². The minimum Gasteiger partial charge on any atom is -0.306 e. The molecule has 1 fully saturated rings. The fourth-order valence-electron chi connectivity index (χ4n) is 0.875. The van der Waals surface area contributed by atoms with E-state index >= 15 is 0 Å². The molecule has 0 aromatic carbocycles. The van der Waals surface area contributed by atoms with E-state index in [0.717, 1.165) is 6.29 Å². The summed E-state index contributed by atoms with van der Waals surface area (Å²) in [4.78, 5) is 11.5. The van der Waals surface area contributed by atoms with E-state index in [1.54, 1.807) is 0 Å². The first kappa shape index (κ1) is 14.2. The molecular weight excluding hydrogens is 150 g/mol. The number of carbonyl (C=O) groups excluding carboxylic acids is 1. The molecule has 1 rings (SSSR count). The molecule has 1 aliphatic heterocycles. The molecule has 1 aliphatic rings. The standard InChI is InChI=1S/C5H11N.C3H6O.C2H6/c1-6-4-2-3-5-6;1-2-3-4;1-2/h2-5H2,1H3;3H,2H2,1H3;1-2H3. The Morgan fingerprint density at radius 1 is 1.25 bits per heavy atom. The highest BCUT2D eigenvalue weighted by molar-refractivity contribution is 5.48. The molecule has 0 radical (unpaired) electrons. The normalized spacial score (nSPS) is 15.3. The number of hydrogen-bond acceptors (Lipinski definition) is 2. The number of rotatable bonds is 1. The highest BCUT2D eigenvalue weighted by Gasteiger charge is 2.03. The van der Waals surface area contributed by atoms with Crippen molar-refractivity contribution in [3.63, 3.8) is 0 Å². The summed E-state index contributed by atoms with van der Waals surface area (Å²) in [5, 5.41) is 0. The molecule has 0 aromatic rings. The van der Waals surface area contributed by atoms with Gasteiger partial charge >= 0.3 is 0 Å². The summed E-state index contributed by atoms with van der Waals surface area (Å²) in [6.45, 7) is 8.45. The number of nitrogens with zero attached hydrogens (tertiary/aromatic N) is 1. The summed E-state index contributed by atoms with van der Waals surface area (Å²) < 4.78 is 0. The summed E-state index contributed by atoms with van der Waals surface area (Å²) in [6, 6.07) is 0. The van der Waals surface area contributed by atoms with Crippen molar-refractivity contribution >= 4 is 6.29 Å². The lowest BCUT2D eigenvalue weighted by Gasteiger charge is -2.01. The van der Waals surface area contributed by atoms with E-state index in [9.17, 15) is 4.79 Å². The largest absolute Gasteiger partial charge is 0.306 e. The first-order chi connectivity index (χ1) is 5.81. The van der Waals surface area contributed by atoms with E-state index in [-0.39, 0.29) is 0 Å². The summed E-state index contributed by atoms with van der Waals surface area (Å²) in [6.07, 6.45) is 4.34. The Hall–Kier alpha value is -0.370. The van der Waals surface area contributed by atoms with E-state index < -0.39 is 0 Å². The molecular formula is C10H23NO. The van der Waals surface area contributed by atoms with E-state index in [2.05, 4.69) is 11.9 Å². The first-order valence-electron chi connectivity index (χ1n) is 4.93. The maximum absolute atomic E-state index is 9.17. The zero-order valence-electron chi connectivity index (χ0n) is 8.97. The molecule has 2 heteroatoms. The van der Waals surface area contributed by atoms with Gasteiger partial charge in [0.15, 0.2) is 0 Å². The number of carbonyl (C=O) groups is 1. The zero-order chi connectivity index (χ0) is 9.82. The predicted octanol–water partition coefficient (Wildman–Crippen LogP) is 2.33. The third kappa shape index (κ3) is 12.3. The fourth-order valence-corrected chi connectivity index (χ4v) is 0.875. The lowest BCUT2D eigenvalue weighted by Crippen LogP contribution is -2.10. The molecule has 0 N–H and O–H groups in total. The quantitative estimate of drug-likeness (QED) is 0.567. The third-order valence-corrected chi connectivity index (χ3v) is 1.50. The summed E-state index contributed by atoms with van der Waals surface area (Å²) in [5.74, 6) is 0. The van der Waals surface area contributed by atoms with Crippen molar-refractivity contribution in [1.29, 1.82) is 0 Å². The van der Waals surface area contributed by atoms with Crippen LogP contribution < -0.4 is 0 Å². The Labute approximate surface area is 77.0 Å². The Balaban J connectivity index is 0. The van der Waals surface area contributed by atoms with Gasteiger partial charge in [0.25, 0.3) is 0 Å². The highest BCUT2D eigenvalue weighted by Crippen LogP contribution is 2.01. The van der Waals surface area contributed by atoms with Crippen LogP contribution in [0.1, 0.15) is 40.0 Å². The predicted molar refractivity (Wildman–Crippen MR) is 54.4 cm³/mol. The SMILES string of the molecule is CC.CCC=O.CN1CCCC1. The number of likely N-dealkylation sites (tertiary alicyclic amines) is 1. The van der Waals surface area contributed by atoms with Gasteiger partial charge in [0, 0.05) is 6.42 Å². The fraction of sp³-hybridized carbons (Fsp3) is 0.900. The summed E-state index contributed by atoms with van der Waals surface area (Å²) in [5.41, 5.74) is 0. The van der Waals surface area contributed by atoms with Crippen LogP contribution in [0.25, 0.3) is 0 Å². The average Bonchev–Trinajstić information content (AvgIpc) is 2.60. The smallest absolute Gasteiger partial charge is 0.119 e. The maximum atomic E-state index is 9.17. The molecule has 1 heterocycles. The molecule has 0 bridgehead atoms. The maximum Gasteiger partial charge on any atom is 0.119 e. The molecule has 0 aromatic heterocycles. The molecule has 0 saturated carbocycles. The van der Waals surface area contributed by atoms with Gasteiger partial charge < -0.3 is 9.69 Å². The first-order valence-corrected chi connectivity index (χ1v) is 4.93. The van der Waals surface area contributed by atoms with Crippen LogP contribution in [0.4, 0.5) is 0 Å². The molecule has 0 amide bonds. The van der Waals surface area contributed by atoms with Gasteiger partial charge in [0.1, 0.15) is 6.29 Å². The zero-order valence-corrected chi connectivity index (χ0v) is 8.97. The molecule has 1 saturated heterocycles. The van der Waals surface area contributed by atoms with E-state index in [1.807, 2.05) is 20.8 Å². The van der Waals surface area contributed by atoms with E-state index in [1.165, 1.54) is 25.9 Å². The Kier molecular flexibility index (Phi) is 15.6. The van der Waals surface area contributed by atoms with E-state index in [4.69, 9.17) is 0 Å². The minimum atomic E-state index is 0.639. The van der Waals surface area contributed by atoms with Crippen LogP contribution >= 0.6 is 0 Å². The van der Waals surface area contributed by atoms with Gasteiger partial charge in [-0.3, -0.25) is 0 Å². The summed E-state index contributed by atoms with van der Waals surface area (Å²) in [7, 11) is 2.17. The number of aldehydes is 1. The molecule has 0 aliphatic carbocycles. The van der Waals surface area contributed by atoms with E-state index in [0.29, 0.717) is 6.42 Å². The van der Waals surface area contributed by atoms with Gasteiger partial charge in [0.2, 0.25) is 0 Å². The second kappa shape index (κ2) is 13.2. The monoisotopic (exact) mass is 173 g/mol. The van der Waals surface area contributed by atoms with Crippen molar-refractivity contribution in [2.75, 3.05) is 20.1 Å².